The average molecular weight is 485 g/mol. The number of thiazole rings is 1. The van der Waals surface area contributed by atoms with Gasteiger partial charge < -0.3 is 15.2 Å². The number of nitrogens with zero attached hydrogens (tertiary/aromatic N) is 1. The summed E-state index contributed by atoms with van der Waals surface area (Å²) < 4.78 is 5.05. The number of carboxylic acids is 1. The van der Waals surface area contributed by atoms with Crippen molar-refractivity contribution in [3.63, 3.8) is 0 Å². The lowest BCUT2D eigenvalue weighted by atomic mass is 9.77. The van der Waals surface area contributed by atoms with E-state index in [1.54, 1.807) is 12.3 Å². The molecule has 0 bridgehead atoms. The molecule has 6 nitrogen and oxygen atoms in total. The first-order valence-corrected chi connectivity index (χ1v) is 11.9. The van der Waals surface area contributed by atoms with Gasteiger partial charge in [0.05, 0.1) is 17.9 Å². The van der Waals surface area contributed by atoms with Crippen LogP contribution in [0.15, 0.2) is 102 Å². The van der Waals surface area contributed by atoms with Crippen molar-refractivity contribution in [3.8, 4) is 0 Å². The first-order chi connectivity index (χ1) is 17.0. The van der Waals surface area contributed by atoms with Crippen LogP contribution >= 0.6 is 11.3 Å². The molecule has 1 heterocycles. The van der Waals surface area contributed by atoms with Crippen LogP contribution in [0.2, 0.25) is 0 Å². The molecule has 0 atom stereocenters. The quantitative estimate of drug-likeness (QED) is 0.183. The molecule has 0 fully saturated rings. The summed E-state index contributed by atoms with van der Waals surface area (Å²) in [4.78, 5) is 28.4. The van der Waals surface area contributed by atoms with Crippen LogP contribution in [0.1, 0.15) is 29.3 Å². The van der Waals surface area contributed by atoms with Crippen LogP contribution in [-0.2, 0) is 19.9 Å². The van der Waals surface area contributed by atoms with E-state index in [1.165, 1.54) is 11.3 Å². The summed E-state index contributed by atoms with van der Waals surface area (Å²) >= 11 is 1.29. The molecule has 4 aromatic rings. The normalized spacial score (nSPS) is 11.6. The number of aromatic nitrogens is 1. The number of carbonyl (C=O) groups is 2. The van der Waals surface area contributed by atoms with Gasteiger partial charge in [0.15, 0.2) is 5.13 Å². The minimum Gasteiger partial charge on any atom is -0.478 e. The van der Waals surface area contributed by atoms with E-state index in [1.807, 2.05) is 54.6 Å². The summed E-state index contributed by atoms with van der Waals surface area (Å²) in [5.41, 5.74) is 2.34. The second-order valence-corrected chi connectivity index (χ2v) is 8.49. The van der Waals surface area contributed by atoms with Gasteiger partial charge in [-0.2, -0.15) is 0 Å². The second kappa shape index (κ2) is 10.8. The molecular formula is C28H24N2O4S. The van der Waals surface area contributed by atoms with Gasteiger partial charge in [-0.15, -0.1) is 11.3 Å². The highest BCUT2D eigenvalue weighted by Crippen LogP contribution is 2.40. The number of ether oxygens (including phenoxy) is 1. The van der Waals surface area contributed by atoms with E-state index in [0.29, 0.717) is 5.13 Å². The van der Waals surface area contributed by atoms with Gasteiger partial charge in [0.1, 0.15) is 5.54 Å². The number of esters is 1. The minimum atomic E-state index is -1.25. The van der Waals surface area contributed by atoms with Crippen molar-refractivity contribution in [2.45, 2.75) is 12.5 Å². The number of carboxylic acid groups (broad SMARTS) is 1. The Balaban J connectivity index is 1.86. The van der Waals surface area contributed by atoms with E-state index < -0.39 is 17.5 Å². The molecule has 0 radical (unpaired) electrons. The summed E-state index contributed by atoms with van der Waals surface area (Å²) in [6, 6.07) is 30.1. The van der Waals surface area contributed by atoms with E-state index >= 15 is 0 Å². The average Bonchev–Trinajstić information content (AvgIpc) is 3.35. The smallest absolute Gasteiger partial charge is 0.340 e. The molecule has 2 N–H and O–H groups in total. The SMILES string of the molecule is CCOC(=O)/C(=C\C(=O)O)c1csc(NC(c2ccccc2)(c2ccccc2)c2ccccc2)n1. The van der Waals surface area contributed by atoms with Gasteiger partial charge in [0.25, 0.3) is 0 Å². The molecule has 0 aliphatic carbocycles. The van der Waals surface area contributed by atoms with Gasteiger partial charge >= 0.3 is 11.9 Å². The number of benzene rings is 3. The van der Waals surface area contributed by atoms with Gasteiger partial charge in [-0.25, -0.2) is 14.6 Å². The number of rotatable bonds is 9. The van der Waals surface area contributed by atoms with Crippen LogP contribution in [0.25, 0.3) is 5.57 Å². The van der Waals surface area contributed by atoms with E-state index in [0.717, 1.165) is 22.8 Å². The van der Waals surface area contributed by atoms with E-state index in [9.17, 15) is 14.7 Å². The number of aliphatic carboxylic acids is 1. The fraction of sp³-hybridized carbons (Fsp3) is 0.107. The van der Waals surface area contributed by atoms with Gasteiger partial charge in [0.2, 0.25) is 0 Å². The van der Waals surface area contributed by atoms with Crippen molar-refractivity contribution in [1.82, 2.24) is 4.98 Å². The highest BCUT2D eigenvalue weighted by molar-refractivity contribution is 7.13. The van der Waals surface area contributed by atoms with Gasteiger partial charge in [-0.05, 0) is 23.6 Å². The van der Waals surface area contributed by atoms with Crippen LogP contribution in [0, 0.1) is 0 Å². The van der Waals surface area contributed by atoms with Crippen LogP contribution in [0.4, 0.5) is 5.13 Å². The van der Waals surface area contributed by atoms with Gasteiger partial charge in [-0.3, -0.25) is 0 Å². The van der Waals surface area contributed by atoms with Crippen molar-refractivity contribution >= 4 is 34.0 Å². The second-order valence-electron chi connectivity index (χ2n) is 7.63. The van der Waals surface area contributed by atoms with Crippen LogP contribution in [0.3, 0.4) is 0 Å². The first-order valence-electron chi connectivity index (χ1n) is 11.1. The molecule has 176 valence electrons. The van der Waals surface area contributed by atoms with Crippen molar-refractivity contribution in [3.05, 3.63) is 125 Å². The maximum Gasteiger partial charge on any atom is 0.340 e. The zero-order valence-electron chi connectivity index (χ0n) is 19.0. The van der Waals surface area contributed by atoms with E-state index in [4.69, 9.17) is 4.74 Å². The number of nitrogens with one attached hydrogen (secondary N) is 1. The molecule has 0 aliphatic rings. The Bertz CT molecular complexity index is 1220. The zero-order chi connectivity index (χ0) is 24.7. The summed E-state index contributed by atoms with van der Waals surface area (Å²) in [6.45, 7) is 1.79. The van der Waals surface area contributed by atoms with E-state index in [2.05, 4.69) is 46.7 Å². The summed E-state index contributed by atoms with van der Waals surface area (Å²) in [5.74, 6) is -1.98. The molecule has 0 saturated carbocycles. The molecule has 0 saturated heterocycles. The van der Waals surface area contributed by atoms with Crippen molar-refractivity contribution in [2.24, 2.45) is 0 Å². The van der Waals surface area contributed by atoms with Crippen LogP contribution < -0.4 is 5.32 Å². The van der Waals surface area contributed by atoms with Crippen LogP contribution in [-0.4, -0.2) is 28.6 Å². The maximum absolute atomic E-state index is 12.4. The highest BCUT2D eigenvalue weighted by Gasteiger charge is 2.37. The van der Waals surface area contributed by atoms with Gasteiger partial charge in [-0.1, -0.05) is 91.0 Å². The zero-order valence-corrected chi connectivity index (χ0v) is 19.9. The predicted octanol–water partition coefficient (Wildman–Crippen LogP) is 5.58. The van der Waals surface area contributed by atoms with E-state index in [-0.39, 0.29) is 17.9 Å². The Morgan fingerprint density at radius 1 is 0.914 bits per heavy atom. The fourth-order valence-electron chi connectivity index (χ4n) is 3.97. The summed E-state index contributed by atoms with van der Waals surface area (Å²) in [6.07, 6.45) is 0.829. The van der Waals surface area contributed by atoms with Crippen molar-refractivity contribution in [1.29, 1.82) is 0 Å². The Morgan fingerprint density at radius 3 is 1.83 bits per heavy atom. The third-order valence-corrected chi connectivity index (χ3v) is 6.22. The Hall–Kier alpha value is -4.23. The summed E-state index contributed by atoms with van der Waals surface area (Å²) in [5, 5.41) is 15.1. The fourth-order valence-corrected chi connectivity index (χ4v) is 4.73. The number of anilines is 1. The largest absolute Gasteiger partial charge is 0.478 e. The number of carbonyl (C=O) groups excluding carboxylic acids is 1. The standard InChI is InChI=1S/C28H24N2O4S/c1-2-34-26(33)23(18-25(31)32)24-19-35-27(29-24)30-28(20-12-6-3-7-13-20,21-14-8-4-9-15-21)22-16-10-5-11-17-22/h3-19H,2H2,1H3,(H,29,30)(H,31,32)/b23-18-. The summed E-state index contributed by atoms with van der Waals surface area (Å²) in [7, 11) is 0. The topological polar surface area (TPSA) is 88.5 Å². The molecule has 7 heteroatoms. The minimum absolute atomic E-state index is 0.103. The highest BCUT2D eigenvalue weighted by atomic mass is 32.1. The lowest BCUT2D eigenvalue weighted by molar-refractivity contribution is -0.137. The molecule has 0 spiro atoms. The monoisotopic (exact) mass is 484 g/mol. The molecule has 0 amide bonds. The third-order valence-electron chi connectivity index (χ3n) is 5.46. The number of hydrogen-bond acceptors (Lipinski definition) is 6. The Morgan fingerprint density at radius 2 is 1.40 bits per heavy atom. The number of hydrogen-bond donors (Lipinski definition) is 2. The Kier molecular flexibility index (Phi) is 7.38. The van der Waals surface area contributed by atoms with Crippen molar-refractivity contribution < 1.29 is 19.4 Å². The predicted molar refractivity (Wildman–Crippen MR) is 137 cm³/mol. The molecule has 1 aromatic heterocycles. The molecule has 4 rings (SSSR count). The molecule has 0 aliphatic heterocycles. The molecular weight excluding hydrogens is 460 g/mol. The molecule has 3 aromatic carbocycles. The lowest BCUT2D eigenvalue weighted by Crippen LogP contribution is -2.38. The van der Waals surface area contributed by atoms with Gasteiger partial charge in [0, 0.05) is 11.5 Å². The third kappa shape index (κ3) is 5.15. The molecule has 35 heavy (non-hydrogen) atoms. The lowest BCUT2D eigenvalue weighted by Gasteiger charge is -2.36. The Labute approximate surface area is 207 Å². The van der Waals surface area contributed by atoms with Crippen LogP contribution in [0.5, 0.6) is 0 Å². The van der Waals surface area contributed by atoms with Crippen molar-refractivity contribution in [2.75, 3.05) is 11.9 Å². The maximum atomic E-state index is 12.4. The molecule has 0 unspecified atom stereocenters. The first kappa shape index (κ1) is 23.9.